The number of pyridine rings is 1. The summed E-state index contributed by atoms with van der Waals surface area (Å²) in [7, 11) is 0. The first-order chi connectivity index (χ1) is 16.1. The van der Waals surface area contributed by atoms with E-state index in [0.717, 1.165) is 56.7 Å². The summed E-state index contributed by atoms with van der Waals surface area (Å²) in [6.45, 7) is 11.8. The van der Waals surface area contributed by atoms with E-state index in [1.165, 1.54) is 16.9 Å². The van der Waals surface area contributed by atoms with E-state index >= 15 is 0 Å². The van der Waals surface area contributed by atoms with Crippen molar-refractivity contribution in [3.63, 3.8) is 0 Å². The number of benzene rings is 2. The van der Waals surface area contributed by atoms with Crippen molar-refractivity contribution in [3.8, 4) is 6.07 Å². The Kier molecular flexibility index (Phi) is 6.17. The van der Waals surface area contributed by atoms with Crippen molar-refractivity contribution in [1.29, 1.82) is 5.26 Å². The second-order valence-corrected chi connectivity index (χ2v) is 9.32. The van der Waals surface area contributed by atoms with E-state index in [1.807, 2.05) is 12.1 Å². The van der Waals surface area contributed by atoms with Crippen LogP contribution in [0.25, 0.3) is 10.9 Å². The van der Waals surface area contributed by atoms with Crippen LogP contribution in [-0.2, 0) is 6.54 Å². The van der Waals surface area contributed by atoms with Crippen LogP contribution in [0.15, 0.2) is 54.7 Å². The Balaban J connectivity index is 1.30. The van der Waals surface area contributed by atoms with Crippen LogP contribution < -0.4 is 15.1 Å². The first-order valence-corrected chi connectivity index (χ1v) is 12.0. The lowest BCUT2D eigenvalue weighted by Gasteiger charge is -2.45. The Bertz CT molecular complexity index is 1130. The predicted molar refractivity (Wildman–Crippen MR) is 135 cm³/mol. The number of hydrogen-bond acceptors (Lipinski definition) is 6. The normalized spacial score (nSPS) is 21.8. The highest BCUT2D eigenvalue weighted by Crippen LogP contribution is 2.31. The highest BCUT2D eigenvalue weighted by Gasteiger charge is 2.30. The molecule has 2 fully saturated rings. The minimum Gasteiger partial charge on any atom is -0.369 e. The molecule has 0 amide bonds. The zero-order valence-electron chi connectivity index (χ0n) is 19.5. The lowest BCUT2D eigenvalue weighted by Crippen LogP contribution is -2.56. The van der Waals surface area contributed by atoms with Crippen molar-refractivity contribution in [2.45, 2.75) is 32.5 Å². The number of aromatic nitrogens is 1. The molecule has 0 spiro atoms. The molecule has 6 heteroatoms. The number of piperazine rings is 2. The standard InChI is InChI=1S/C27H32N6/c1-20-17-32(26-10-7-23(16-28)27-25(26)4-3-11-30-27)18-21(2)33(20)19-22-5-8-24(9-6-22)31-14-12-29-13-15-31/h3-11,20-21,29H,12-15,17-19H2,1-2H3. The minimum atomic E-state index is 0.420. The van der Waals surface area contributed by atoms with Crippen molar-refractivity contribution in [1.82, 2.24) is 15.2 Å². The van der Waals surface area contributed by atoms with Crippen molar-refractivity contribution in [2.75, 3.05) is 49.1 Å². The van der Waals surface area contributed by atoms with Crippen molar-refractivity contribution >= 4 is 22.3 Å². The molecule has 3 aromatic rings. The molecule has 0 bridgehead atoms. The van der Waals surface area contributed by atoms with Crippen molar-refractivity contribution in [3.05, 3.63) is 65.9 Å². The van der Waals surface area contributed by atoms with Gasteiger partial charge in [0.05, 0.1) is 11.1 Å². The SMILES string of the molecule is CC1CN(c2ccc(C#N)c3ncccc23)CC(C)N1Cc1ccc(N2CCNCC2)cc1. The maximum Gasteiger partial charge on any atom is 0.101 e. The number of rotatable bonds is 4. The largest absolute Gasteiger partial charge is 0.369 e. The van der Waals surface area contributed by atoms with Crippen LogP contribution in [0.3, 0.4) is 0 Å². The Hall–Kier alpha value is -3.14. The molecule has 0 aliphatic carbocycles. The summed E-state index contributed by atoms with van der Waals surface area (Å²) in [6.07, 6.45) is 1.77. The molecule has 6 nitrogen and oxygen atoms in total. The third-order valence-corrected chi connectivity index (χ3v) is 7.09. The van der Waals surface area contributed by atoms with Gasteiger partial charge in [-0.15, -0.1) is 0 Å². The molecule has 33 heavy (non-hydrogen) atoms. The van der Waals surface area contributed by atoms with E-state index in [9.17, 15) is 5.26 Å². The van der Waals surface area contributed by atoms with Crippen LogP contribution in [0.1, 0.15) is 25.0 Å². The molecule has 1 aromatic heterocycles. The van der Waals surface area contributed by atoms with Crippen molar-refractivity contribution in [2.24, 2.45) is 0 Å². The smallest absolute Gasteiger partial charge is 0.101 e. The highest BCUT2D eigenvalue weighted by molar-refractivity contribution is 5.95. The predicted octanol–water partition coefficient (Wildman–Crippen LogP) is 3.62. The van der Waals surface area contributed by atoms with Crippen LogP contribution in [-0.4, -0.2) is 61.2 Å². The molecule has 2 saturated heterocycles. The molecule has 5 rings (SSSR count). The zero-order chi connectivity index (χ0) is 22.8. The maximum absolute atomic E-state index is 9.47. The number of nitriles is 1. The van der Waals surface area contributed by atoms with Crippen LogP contribution in [0, 0.1) is 11.3 Å². The quantitative estimate of drug-likeness (QED) is 0.669. The summed E-state index contributed by atoms with van der Waals surface area (Å²) < 4.78 is 0. The Morgan fingerprint density at radius 3 is 2.39 bits per heavy atom. The van der Waals surface area contributed by atoms with Gasteiger partial charge in [-0.1, -0.05) is 12.1 Å². The van der Waals surface area contributed by atoms with Gasteiger partial charge in [-0.05, 0) is 55.8 Å². The molecule has 3 heterocycles. The monoisotopic (exact) mass is 440 g/mol. The molecular weight excluding hydrogens is 408 g/mol. The van der Waals surface area contributed by atoms with Gasteiger partial charge in [-0.2, -0.15) is 5.26 Å². The summed E-state index contributed by atoms with van der Waals surface area (Å²) in [6, 6.07) is 20.3. The lowest BCUT2D eigenvalue weighted by atomic mass is 10.0. The molecule has 170 valence electrons. The summed E-state index contributed by atoms with van der Waals surface area (Å²) in [5.74, 6) is 0. The molecule has 2 aliphatic rings. The van der Waals surface area contributed by atoms with Gasteiger partial charge in [0.1, 0.15) is 6.07 Å². The number of hydrogen-bond donors (Lipinski definition) is 1. The summed E-state index contributed by atoms with van der Waals surface area (Å²) >= 11 is 0. The second kappa shape index (κ2) is 9.38. The van der Waals surface area contributed by atoms with E-state index in [0.29, 0.717) is 17.6 Å². The average molecular weight is 441 g/mol. The summed E-state index contributed by atoms with van der Waals surface area (Å²) in [5, 5.41) is 14.0. The molecule has 2 unspecified atom stereocenters. The van der Waals surface area contributed by atoms with Gasteiger partial charge in [0.2, 0.25) is 0 Å². The van der Waals surface area contributed by atoms with Gasteiger partial charge in [0.25, 0.3) is 0 Å². The van der Waals surface area contributed by atoms with Gasteiger partial charge in [-0.3, -0.25) is 9.88 Å². The molecule has 2 aliphatic heterocycles. The van der Waals surface area contributed by atoms with Crippen LogP contribution in [0.2, 0.25) is 0 Å². The molecule has 2 atom stereocenters. The number of nitrogens with zero attached hydrogens (tertiary/aromatic N) is 5. The molecule has 0 saturated carbocycles. The van der Waals surface area contributed by atoms with Gasteiger partial charge in [0, 0.05) is 80.9 Å². The van der Waals surface area contributed by atoms with E-state index in [1.54, 1.807) is 6.20 Å². The number of anilines is 2. The van der Waals surface area contributed by atoms with Crippen LogP contribution in [0.5, 0.6) is 0 Å². The van der Waals surface area contributed by atoms with Gasteiger partial charge >= 0.3 is 0 Å². The zero-order valence-corrected chi connectivity index (χ0v) is 19.5. The second-order valence-electron chi connectivity index (χ2n) is 9.32. The minimum absolute atomic E-state index is 0.420. The van der Waals surface area contributed by atoms with E-state index < -0.39 is 0 Å². The highest BCUT2D eigenvalue weighted by atomic mass is 15.3. The van der Waals surface area contributed by atoms with Crippen LogP contribution in [0.4, 0.5) is 11.4 Å². The average Bonchev–Trinajstić information content (AvgIpc) is 2.86. The number of nitrogens with one attached hydrogen (secondary N) is 1. The summed E-state index contributed by atoms with van der Waals surface area (Å²) in [5.41, 5.74) is 5.31. The number of fused-ring (bicyclic) bond motifs is 1. The molecule has 2 aromatic carbocycles. The van der Waals surface area contributed by atoms with Gasteiger partial charge < -0.3 is 15.1 Å². The third kappa shape index (κ3) is 4.39. The maximum atomic E-state index is 9.47. The fourth-order valence-electron chi connectivity index (χ4n) is 5.33. The fraction of sp³-hybridized carbons (Fsp3) is 0.407. The van der Waals surface area contributed by atoms with Gasteiger partial charge in [-0.25, -0.2) is 0 Å². The Labute approximate surface area is 196 Å². The lowest BCUT2D eigenvalue weighted by molar-refractivity contribution is 0.123. The first-order valence-electron chi connectivity index (χ1n) is 12.0. The Morgan fingerprint density at radius 1 is 0.970 bits per heavy atom. The van der Waals surface area contributed by atoms with Gasteiger partial charge in [0.15, 0.2) is 0 Å². The first kappa shape index (κ1) is 21.7. The topological polar surface area (TPSA) is 58.4 Å². The third-order valence-electron chi connectivity index (χ3n) is 7.09. The van der Waals surface area contributed by atoms with Crippen LogP contribution >= 0.6 is 0 Å². The van der Waals surface area contributed by atoms with E-state index in [2.05, 4.69) is 81.3 Å². The molecular formula is C27H32N6. The fourth-order valence-corrected chi connectivity index (χ4v) is 5.33. The Morgan fingerprint density at radius 2 is 1.70 bits per heavy atom. The molecule has 1 N–H and O–H groups in total. The van der Waals surface area contributed by atoms with E-state index in [-0.39, 0.29) is 0 Å². The van der Waals surface area contributed by atoms with E-state index in [4.69, 9.17) is 0 Å². The summed E-state index contributed by atoms with van der Waals surface area (Å²) in [4.78, 5) is 12.0. The molecule has 0 radical (unpaired) electrons. The van der Waals surface area contributed by atoms with Crippen molar-refractivity contribution < 1.29 is 0 Å².